The number of benzene rings is 2. The van der Waals surface area contributed by atoms with Crippen LogP contribution >= 0.6 is 0 Å². The molecule has 1 aliphatic heterocycles. The molecule has 8 heteroatoms. The predicted octanol–water partition coefficient (Wildman–Crippen LogP) is 3.62. The van der Waals surface area contributed by atoms with Crippen molar-refractivity contribution in [2.45, 2.75) is 31.2 Å². The van der Waals surface area contributed by atoms with Gasteiger partial charge in [-0.1, -0.05) is 0 Å². The molecule has 0 radical (unpaired) electrons. The van der Waals surface area contributed by atoms with Crippen LogP contribution < -0.4 is 10.1 Å². The zero-order chi connectivity index (χ0) is 20.5. The van der Waals surface area contributed by atoms with Gasteiger partial charge < -0.3 is 15.2 Å². The van der Waals surface area contributed by atoms with E-state index in [9.17, 15) is 18.3 Å². The highest BCUT2D eigenvalue weighted by Gasteiger charge is 2.40. The van der Waals surface area contributed by atoms with Crippen molar-refractivity contribution in [3.05, 3.63) is 58.7 Å². The molecule has 0 spiro atoms. The molecule has 0 aliphatic carbocycles. The van der Waals surface area contributed by atoms with Gasteiger partial charge in [-0.25, -0.2) is 0 Å². The van der Waals surface area contributed by atoms with Crippen molar-refractivity contribution < 1.29 is 23.0 Å². The summed E-state index contributed by atoms with van der Waals surface area (Å²) in [4.78, 5) is 0. The topological polar surface area (TPSA) is 89.1 Å². The second-order valence-corrected chi connectivity index (χ2v) is 6.85. The van der Waals surface area contributed by atoms with Gasteiger partial charge in [-0.05, 0) is 55.3 Å². The lowest BCUT2D eigenvalue weighted by molar-refractivity contribution is -0.137. The van der Waals surface area contributed by atoms with E-state index in [0.29, 0.717) is 16.9 Å². The van der Waals surface area contributed by atoms with E-state index in [4.69, 9.17) is 15.3 Å². The van der Waals surface area contributed by atoms with Gasteiger partial charge in [-0.15, -0.1) is 0 Å². The molecule has 28 heavy (non-hydrogen) atoms. The van der Waals surface area contributed by atoms with Crippen LogP contribution in [0, 0.1) is 22.7 Å². The molecule has 2 N–H and O–H groups in total. The molecule has 144 valence electrons. The van der Waals surface area contributed by atoms with E-state index in [2.05, 4.69) is 5.32 Å². The molecule has 0 aromatic heterocycles. The maximum absolute atomic E-state index is 13.1. The number of halogens is 3. The van der Waals surface area contributed by atoms with Crippen LogP contribution in [0.3, 0.4) is 0 Å². The van der Waals surface area contributed by atoms with E-state index in [0.717, 1.165) is 6.07 Å². The Bertz CT molecular complexity index is 970. The Morgan fingerprint density at radius 1 is 1.18 bits per heavy atom. The third kappa shape index (κ3) is 3.88. The second-order valence-electron chi connectivity index (χ2n) is 6.85. The van der Waals surface area contributed by atoms with Gasteiger partial charge in [0.05, 0.1) is 34.9 Å². The van der Waals surface area contributed by atoms with Gasteiger partial charge in [0.25, 0.3) is 0 Å². The highest BCUT2D eigenvalue weighted by Crippen LogP contribution is 2.39. The minimum atomic E-state index is -4.64. The molecule has 0 saturated carbocycles. The molecular weight excluding hydrogens is 371 g/mol. The number of ether oxygens (including phenoxy) is 1. The SMILES string of the molecule is CC(O)(COc1ccc(C#N)cc1)C1Cc2cc(C#N)c(C(F)(F)F)cc2N1. The first kappa shape index (κ1) is 19.5. The third-order valence-corrected chi connectivity index (χ3v) is 4.69. The first-order valence-corrected chi connectivity index (χ1v) is 8.40. The quantitative estimate of drug-likeness (QED) is 0.837. The summed E-state index contributed by atoms with van der Waals surface area (Å²) >= 11 is 0. The second kappa shape index (κ2) is 7.06. The molecule has 1 heterocycles. The molecule has 2 atom stereocenters. The summed E-state index contributed by atoms with van der Waals surface area (Å²) in [6, 6.07) is 11.5. The lowest BCUT2D eigenvalue weighted by Gasteiger charge is -2.30. The average Bonchev–Trinajstić information content (AvgIpc) is 3.09. The average molecular weight is 387 g/mol. The van der Waals surface area contributed by atoms with Crippen LogP contribution in [0.4, 0.5) is 18.9 Å². The third-order valence-electron chi connectivity index (χ3n) is 4.69. The fourth-order valence-electron chi connectivity index (χ4n) is 3.06. The molecule has 0 amide bonds. The number of nitrogens with zero attached hydrogens (tertiary/aromatic N) is 2. The number of nitriles is 2. The van der Waals surface area contributed by atoms with E-state index >= 15 is 0 Å². The maximum atomic E-state index is 13.1. The van der Waals surface area contributed by atoms with Crippen molar-refractivity contribution in [3.8, 4) is 17.9 Å². The van der Waals surface area contributed by atoms with E-state index in [1.54, 1.807) is 30.3 Å². The van der Waals surface area contributed by atoms with E-state index < -0.39 is 28.9 Å². The molecule has 3 rings (SSSR count). The van der Waals surface area contributed by atoms with Crippen LogP contribution in [0.25, 0.3) is 0 Å². The Morgan fingerprint density at radius 3 is 2.43 bits per heavy atom. The van der Waals surface area contributed by atoms with Gasteiger partial charge in [0.2, 0.25) is 0 Å². The molecule has 5 nitrogen and oxygen atoms in total. The van der Waals surface area contributed by atoms with Crippen LogP contribution in [0.1, 0.15) is 29.2 Å². The van der Waals surface area contributed by atoms with Crippen molar-refractivity contribution >= 4 is 5.69 Å². The largest absolute Gasteiger partial charge is 0.491 e. The van der Waals surface area contributed by atoms with Gasteiger partial charge >= 0.3 is 6.18 Å². The zero-order valence-electron chi connectivity index (χ0n) is 14.8. The van der Waals surface area contributed by atoms with Gasteiger partial charge in [0.1, 0.15) is 18.0 Å². The van der Waals surface area contributed by atoms with E-state index in [-0.39, 0.29) is 18.7 Å². The number of hydrogen-bond acceptors (Lipinski definition) is 5. The number of aliphatic hydroxyl groups is 1. The Hall–Kier alpha value is -3.23. The minimum absolute atomic E-state index is 0.109. The first-order valence-electron chi connectivity index (χ1n) is 8.40. The number of alkyl halides is 3. The van der Waals surface area contributed by atoms with Gasteiger partial charge in [-0.3, -0.25) is 0 Å². The van der Waals surface area contributed by atoms with Crippen molar-refractivity contribution in [1.82, 2.24) is 0 Å². The fourth-order valence-corrected chi connectivity index (χ4v) is 3.06. The van der Waals surface area contributed by atoms with Crippen molar-refractivity contribution in [1.29, 1.82) is 10.5 Å². The van der Waals surface area contributed by atoms with Crippen molar-refractivity contribution in [2.24, 2.45) is 0 Å². The van der Waals surface area contributed by atoms with Crippen LogP contribution in [0.15, 0.2) is 36.4 Å². The van der Waals surface area contributed by atoms with E-state index in [1.807, 2.05) is 6.07 Å². The number of anilines is 1. The molecule has 2 aromatic carbocycles. The first-order chi connectivity index (χ1) is 13.1. The number of nitrogens with one attached hydrogen (secondary N) is 1. The summed E-state index contributed by atoms with van der Waals surface area (Å²) in [6.45, 7) is 1.41. The zero-order valence-corrected chi connectivity index (χ0v) is 14.8. The molecule has 2 unspecified atom stereocenters. The Kier molecular flexibility index (Phi) is 4.93. The summed E-state index contributed by atoms with van der Waals surface area (Å²) in [7, 11) is 0. The van der Waals surface area contributed by atoms with Crippen molar-refractivity contribution in [2.75, 3.05) is 11.9 Å². The highest BCUT2D eigenvalue weighted by molar-refractivity contribution is 5.63. The Balaban J connectivity index is 1.74. The monoisotopic (exact) mass is 387 g/mol. The van der Waals surface area contributed by atoms with Crippen molar-refractivity contribution in [3.63, 3.8) is 0 Å². The molecule has 0 fully saturated rings. The van der Waals surface area contributed by atoms with Crippen LogP contribution in [0.5, 0.6) is 5.75 Å². The lowest BCUT2D eigenvalue weighted by atomic mass is 9.93. The molecule has 1 aliphatic rings. The van der Waals surface area contributed by atoms with Crippen LogP contribution in [0.2, 0.25) is 0 Å². The molecule has 2 aromatic rings. The molecule has 0 bridgehead atoms. The standard InChI is InChI=1S/C20H16F3N3O2/c1-19(27,11-28-15-4-2-12(9-24)3-5-15)18-7-13-6-14(10-25)16(20(21,22)23)8-17(13)26-18/h2-6,8,18,26-27H,7,11H2,1H3. The summed E-state index contributed by atoms with van der Waals surface area (Å²) in [5, 5.41) is 31.5. The highest BCUT2D eigenvalue weighted by atomic mass is 19.4. The lowest BCUT2D eigenvalue weighted by Crippen LogP contribution is -2.48. The van der Waals surface area contributed by atoms with Crippen LogP contribution in [-0.4, -0.2) is 23.4 Å². The van der Waals surface area contributed by atoms with Gasteiger partial charge in [-0.2, -0.15) is 23.7 Å². The van der Waals surface area contributed by atoms with Gasteiger partial charge in [0.15, 0.2) is 0 Å². The summed E-state index contributed by atoms with van der Waals surface area (Å²) in [5.74, 6) is 0.459. The molecular formula is C20H16F3N3O2. The summed E-state index contributed by atoms with van der Waals surface area (Å²) in [5.41, 5.74) is -1.58. The Labute approximate surface area is 159 Å². The smallest absolute Gasteiger partial charge is 0.417 e. The summed E-state index contributed by atoms with van der Waals surface area (Å²) in [6.07, 6.45) is -4.38. The maximum Gasteiger partial charge on any atom is 0.417 e. The predicted molar refractivity (Wildman–Crippen MR) is 94.5 cm³/mol. The summed E-state index contributed by atoms with van der Waals surface area (Å²) < 4.78 is 45.0. The normalized spacial score (nSPS) is 17.6. The minimum Gasteiger partial charge on any atom is -0.491 e. The molecule has 0 saturated heterocycles. The number of hydrogen-bond donors (Lipinski definition) is 2. The fraction of sp³-hybridized carbons (Fsp3) is 0.300. The van der Waals surface area contributed by atoms with Gasteiger partial charge in [0, 0.05) is 5.69 Å². The van der Waals surface area contributed by atoms with E-state index in [1.165, 1.54) is 13.0 Å². The number of fused-ring (bicyclic) bond motifs is 1. The van der Waals surface area contributed by atoms with Crippen LogP contribution in [-0.2, 0) is 12.6 Å². The Morgan fingerprint density at radius 2 is 1.86 bits per heavy atom. The number of rotatable bonds is 4.